The lowest BCUT2D eigenvalue weighted by atomic mass is 9.83. The minimum Gasteiger partial charge on any atom is -0.444 e. The smallest absolute Gasteiger partial charge is 0.291 e. The SMILES string of the molecule is O=C(Nc1cc(C(=O)N2CCN(c3ccccc3)CC2)ccc1N1C[C@H]2C[C@@H](C1)c1cccc(=O)n1C2)c1ccc(Br)o1. The van der Waals surface area contributed by atoms with E-state index < -0.39 is 0 Å². The molecule has 2 fully saturated rings. The van der Waals surface area contributed by atoms with Crippen molar-refractivity contribution in [3.8, 4) is 0 Å². The average Bonchev–Trinajstić information content (AvgIpc) is 3.48. The van der Waals surface area contributed by atoms with Crippen molar-refractivity contribution >= 4 is 44.8 Å². The normalized spacial score (nSPS) is 19.6. The van der Waals surface area contributed by atoms with E-state index in [2.05, 4.69) is 43.2 Å². The fraction of sp³-hybridized carbons (Fsp3) is 0.303. The number of furan rings is 1. The third-order valence-electron chi connectivity index (χ3n) is 8.80. The van der Waals surface area contributed by atoms with E-state index in [1.807, 2.05) is 51.9 Å². The molecule has 5 heterocycles. The number of piperazine rings is 1. The topological polar surface area (TPSA) is 91.0 Å². The zero-order chi connectivity index (χ0) is 29.5. The predicted molar refractivity (Wildman–Crippen MR) is 169 cm³/mol. The molecule has 0 aliphatic carbocycles. The highest BCUT2D eigenvalue weighted by Gasteiger charge is 2.35. The summed E-state index contributed by atoms with van der Waals surface area (Å²) in [4.78, 5) is 45.9. The van der Waals surface area contributed by atoms with E-state index in [1.54, 1.807) is 24.3 Å². The van der Waals surface area contributed by atoms with Crippen molar-refractivity contribution in [1.29, 1.82) is 0 Å². The number of rotatable bonds is 5. The van der Waals surface area contributed by atoms with Crippen LogP contribution in [0.3, 0.4) is 0 Å². The van der Waals surface area contributed by atoms with Crippen LogP contribution >= 0.6 is 15.9 Å². The molecule has 0 saturated carbocycles. The van der Waals surface area contributed by atoms with E-state index in [-0.39, 0.29) is 29.1 Å². The number of fused-ring (bicyclic) bond motifs is 4. The van der Waals surface area contributed by atoms with Gasteiger partial charge in [-0.05, 0) is 76.8 Å². The fourth-order valence-electron chi connectivity index (χ4n) is 6.75. The number of hydrogen-bond donors (Lipinski definition) is 1. The molecule has 0 radical (unpaired) electrons. The number of para-hydroxylation sites is 1. The summed E-state index contributed by atoms with van der Waals surface area (Å²) >= 11 is 3.27. The average molecular weight is 643 g/mol. The van der Waals surface area contributed by atoms with Crippen molar-refractivity contribution in [3.05, 3.63) is 111 Å². The van der Waals surface area contributed by atoms with Crippen molar-refractivity contribution in [3.63, 3.8) is 0 Å². The molecule has 43 heavy (non-hydrogen) atoms. The molecule has 9 nitrogen and oxygen atoms in total. The maximum absolute atomic E-state index is 13.7. The Balaban J connectivity index is 1.15. The van der Waals surface area contributed by atoms with Crippen molar-refractivity contribution in [2.24, 2.45) is 5.92 Å². The quantitative estimate of drug-likeness (QED) is 0.328. The lowest BCUT2D eigenvalue weighted by Gasteiger charge is -2.44. The number of anilines is 3. The summed E-state index contributed by atoms with van der Waals surface area (Å²) in [6.45, 7) is 4.89. The monoisotopic (exact) mass is 641 g/mol. The molecular formula is C33H32BrN5O4. The van der Waals surface area contributed by atoms with Crippen LogP contribution in [0.1, 0.15) is 38.9 Å². The van der Waals surface area contributed by atoms with Gasteiger partial charge >= 0.3 is 0 Å². The molecule has 2 amide bonds. The Hall–Kier alpha value is -4.31. The maximum atomic E-state index is 13.7. The van der Waals surface area contributed by atoms with Crippen LogP contribution < -0.4 is 20.7 Å². The van der Waals surface area contributed by atoms with Gasteiger partial charge in [0.1, 0.15) is 0 Å². The Kier molecular flexibility index (Phi) is 7.30. The van der Waals surface area contributed by atoms with E-state index in [1.165, 1.54) is 0 Å². The highest BCUT2D eigenvalue weighted by Crippen LogP contribution is 2.39. The first-order chi connectivity index (χ1) is 20.9. The first kappa shape index (κ1) is 27.5. The van der Waals surface area contributed by atoms with E-state index in [4.69, 9.17) is 4.42 Å². The molecule has 220 valence electrons. The van der Waals surface area contributed by atoms with E-state index in [0.29, 0.717) is 48.0 Å². The summed E-state index contributed by atoms with van der Waals surface area (Å²) in [6.07, 6.45) is 1.02. The zero-order valence-electron chi connectivity index (χ0n) is 23.6. The Morgan fingerprint density at radius 3 is 2.42 bits per heavy atom. The van der Waals surface area contributed by atoms with Crippen molar-refractivity contribution in [2.75, 3.05) is 54.4 Å². The molecule has 1 N–H and O–H groups in total. The first-order valence-electron chi connectivity index (χ1n) is 14.7. The maximum Gasteiger partial charge on any atom is 0.291 e. The van der Waals surface area contributed by atoms with Gasteiger partial charge in [-0.1, -0.05) is 24.3 Å². The lowest BCUT2D eigenvalue weighted by Crippen LogP contribution is -2.49. The van der Waals surface area contributed by atoms with Crippen molar-refractivity contribution < 1.29 is 14.0 Å². The summed E-state index contributed by atoms with van der Waals surface area (Å²) in [5, 5.41) is 3.03. The van der Waals surface area contributed by atoms with E-state index >= 15 is 0 Å². The lowest BCUT2D eigenvalue weighted by molar-refractivity contribution is 0.0746. The second-order valence-corrected chi connectivity index (χ2v) is 12.3. The highest BCUT2D eigenvalue weighted by atomic mass is 79.9. The summed E-state index contributed by atoms with van der Waals surface area (Å²) in [7, 11) is 0. The number of carbonyl (C=O) groups excluding carboxylic acids is 2. The molecule has 7 rings (SSSR count). The summed E-state index contributed by atoms with van der Waals surface area (Å²) in [5.74, 6) is 0.239. The van der Waals surface area contributed by atoms with Gasteiger partial charge in [0, 0.05) is 74.7 Å². The molecule has 4 aromatic rings. The zero-order valence-corrected chi connectivity index (χ0v) is 25.2. The molecular weight excluding hydrogens is 610 g/mol. The number of pyridine rings is 1. The molecule has 2 aromatic carbocycles. The Morgan fingerprint density at radius 2 is 1.65 bits per heavy atom. The van der Waals surface area contributed by atoms with Crippen LogP contribution in [0.15, 0.2) is 92.7 Å². The van der Waals surface area contributed by atoms with E-state index in [0.717, 1.165) is 43.1 Å². The molecule has 2 saturated heterocycles. The molecule has 3 aliphatic heterocycles. The second-order valence-electron chi connectivity index (χ2n) is 11.5. The van der Waals surface area contributed by atoms with Gasteiger partial charge in [-0.3, -0.25) is 14.4 Å². The van der Waals surface area contributed by atoms with Crippen LogP contribution in [0.5, 0.6) is 0 Å². The third kappa shape index (κ3) is 5.47. The van der Waals surface area contributed by atoms with Crippen LogP contribution in [0.25, 0.3) is 0 Å². The molecule has 2 aromatic heterocycles. The number of halogens is 1. The molecule has 2 atom stereocenters. The minimum absolute atomic E-state index is 0.0469. The van der Waals surface area contributed by atoms with E-state index in [9.17, 15) is 14.4 Å². The molecule has 2 bridgehead atoms. The van der Waals surface area contributed by atoms with Gasteiger partial charge in [0.15, 0.2) is 10.4 Å². The number of nitrogens with zero attached hydrogens (tertiary/aromatic N) is 4. The number of benzene rings is 2. The first-order valence-corrected chi connectivity index (χ1v) is 15.5. The van der Waals surface area contributed by atoms with Gasteiger partial charge in [-0.2, -0.15) is 0 Å². The standard InChI is InChI=1S/C33H32BrN5O4/c34-30-12-11-29(43-30)32(41)35-26-18-23(33(42)37-15-13-36(14-16-37)25-5-2-1-3-6-25)9-10-28(26)38-19-22-17-24(21-38)27-7-4-8-31(40)39(27)20-22/h1-12,18,22,24H,13-17,19-21H2,(H,35,41)/t22-,24+/m1/s1. The van der Waals surface area contributed by atoms with Gasteiger partial charge in [0.25, 0.3) is 17.4 Å². The molecule has 10 heteroatoms. The van der Waals surface area contributed by atoms with Crippen LogP contribution in [0.2, 0.25) is 0 Å². The van der Waals surface area contributed by atoms with Crippen LogP contribution in [-0.4, -0.2) is 60.5 Å². The number of hydrogen-bond acceptors (Lipinski definition) is 6. The largest absolute Gasteiger partial charge is 0.444 e. The van der Waals surface area contributed by atoms with Gasteiger partial charge in [0.05, 0.1) is 11.4 Å². The minimum atomic E-state index is -0.387. The number of amides is 2. The van der Waals surface area contributed by atoms with Crippen LogP contribution in [0.4, 0.5) is 17.1 Å². The number of piperidine rings is 1. The molecule has 0 unspecified atom stereocenters. The summed E-state index contributed by atoms with van der Waals surface area (Å²) in [5.41, 5.74) is 4.21. The highest BCUT2D eigenvalue weighted by molar-refractivity contribution is 9.10. The van der Waals surface area contributed by atoms with Gasteiger partial charge in [-0.25, -0.2) is 0 Å². The molecule has 0 spiro atoms. The second kappa shape index (κ2) is 11.4. The van der Waals surface area contributed by atoms with Gasteiger partial charge in [-0.15, -0.1) is 0 Å². The fourth-order valence-corrected chi connectivity index (χ4v) is 7.05. The summed E-state index contributed by atoms with van der Waals surface area (Å²) in [6, 6.07) is 24.6. The van der Waals surface area contributed by atoms with Crippen LogP contribution in [0, 0.1) is 5.92 Å². The Bertz CT molecular complexity index is 1730. The Labute approximate surface area is 257 Å². The van der Waals surface area contributed by atoms with Crippen LogP contribution in [-0.2, 0) is 6.54 Å². The van der Waals surface area contributed by atoms with Crippen molar-refractivity contribution in [1.82, 2.24) is 9.47 Å². The van der Waals surface area contributed by atoms with Crippen molar-refractivity contribution in [2.45, 2.75) is 18.9 Å². The Morgan fingerprint density at radius 1 is 0.837 bits per heavy atom. The molecule has 3 aliphatic rings. The summed E-state index contributed by atoms with van der Waals surface area (Å²) < 4.78 is 7.89. The van der Waals surface area contributed by atoms with Gasteiger partial charge < -0.3 is 29.0 Å². The number of aromatic nitrogens is 1. The number of nitrogens with one attached hydrogen (secondary N) is 1. The number of carbonyl (C=O) groups is 2. The predicted octanol–water partition coefficient (Wildman–Crippen LogP) is 5.04. The third-order valence-corrected chi connectivity index (χ3v) is 9.22. The van der Waals surface area contributed by atoms with Gasteiger partial charge in [0.2, 0.25) is 0 Å².